The number of sulfonamides is 1. The molecule has 0 unspecified atom stereocenters. The molecule has 0 aliphatic heterocycles. The fourth-order valence-electron chi connectivity index (χ4n) is 2.74. The van der Waals surface area contributed by atoms with Crippen LogP contribution in [0.1, 0.15) is 35.2 Å². The minimum atomic E-state index is -4.62. The fraction of sp³-hybridized carbons (Fsp3) is 0.263. The molecule has 0 radical (unpaired) electrons. The summed E-state index contributed by atoms with van der Waals surface area (Å²) in [6.45, 7) is 0. The third-order valence-electron chi connectivity index (χ3n) is 4.62. The molecule has 0 aromatic heterocycles. The first kappa shape index (κ1) is 21.6. The first-order valence-electron chi connectivity index (χ1n) is 8.96. The second-order valence-corrected chi connectivity index (χ2v) is 8.47. The van der Waals surface area contributed by atoms with Gasteiger partial charge in [0.25, 0.3) is 15.9 Å². The predicted molar refractivity (Wildman–Crippen MR) is 102 cm³/mol. The minimum absolute atomic E-state index is 0.0455. The highest BCUT2D eigenvalue weighted by molar-refractivity contribution is 7.92. The maximum absolute atomic E-state index is 12.8. The van der Waals surface area contributed by atoms with Crippen molar-refractivity contribution in [3.63, 3.8) is 0 Å². The van der Waals surface area contributed by atoms with Gasteiger partial charge in [-0.3, -0.25) is 25.2 Å². The van der Waals surface area contributed by atoms with E-state index >= 15 is 0 Å². The van der Waals surface area contributed by atoms with E-state index in [1.807, 2.05) is 0 Å². The van der Waals surface area contributed by atoms with Gasteiger partial charge in [0.2, 0.25) is 5.91 Å². The van der Waals surface area contributed by atoms with Crippen LogP contribution in [-0.4, -0.2) is 20.2 Å². The summed E-state index contributed by atoms with van der Waals surface area (Å²) in [4.78, 5) is 23.7. The number of hydrogen-bond acceptors (Lipinski definition) is 4. The Morgan fingerprint density at radius 1 is 0.967 bits per heavy atom. The summed E-state index contributed by atoms with van der Waals surface area (Å²) in [5, 5.41) is 0. The van der Waals surface area contributed by atoms with Gasteiger partial charge >= 0.3 is 6.18 Å². The Hall–Kier alpha value is -3.08. The van der Waals surface area contributed by atoms with Gasteiger partial charge in [0.15, 0.2) is 0 Å². The number of alkyl halides is 3. The Morgan fingerprint density at radius 2 is 1.67 bits per heavy atom. The number of halogens is 3. The average molecular weight is 441 g/mol. The topological polar surface area (TPSA) is 104 Å². The van der Waals surface area contributed by atoms with Crippen molar-refractivity contribution >= 4 is 27.5 Å². The molecule has 2 amide bonds. The SMILES string of the molecule is O=C(NNC(=O)C1CCC1)c1cccc(S(=O)(=O)Nc2cccc(C(F)(F)F)c2)c1. The third-order valence-corrected chi connectivity index (χ3v) is 6.00. The number of rotatable bonds is 5. The van der Waals surface area contributed by atoms with Gasteiger partial charge in [-0.1, -0.05) is 18.6 Å². The molecule has 0 spiro atoms. The molecule has 3 rings (SSSR count). The van der Waals surface area contributed by atoms with E-state index in [4.69, 9.17) is 0 Å². The van der Waals surface area contributed by atoms with Gasteiger partial charge in [-0.25, -0.2) is 8.42 Å². The van der Waals surface area contributed by atoms with Gasteiger partial charge in [0, 0.05) is 17.2 Å². The molecule has 11 heteroatoms. The number of nitrogens with one attached hydrogen (secondary N) is 3. The summed E-state index contributed by atoms with van der Waals surface area (Å²) in [6, 6.07) is 8.65. The Bertz CT molecular complexity index is 1070. The standard InChI is InChI=1S/C19H18F3N3O4S/c20-19(21,22)14-7-3-8-15(11-14)25-30(28,29)16-9-2-6-13(10-16)18(27)24-23-17(26)12-4-1-5-12/h2-3,6-12,25H,1,4-5H2,(H,23,26)(H,24,27). The molecule has 0 heterocycles. The van der Waals surface area contributed by atoms with E-state index in [0.717, 1.165) is 37.5 Å². The van der Waals surface area contributed by atoms with Gasteiger partial charge in [0.05, 0.1) is 10.5 Å². The van der Waals surface area contributed by atoms with Crippen LogP contribution in [0.5, 0.6) is 0 Å². The van der Waals surface area contributed by atoms with Crippen molar-refractivity contribution in [1.82, 2.24) is 10.9 Å². The van der Waals surface area contributed by atoms with Crippen LogP contribution < -0.4 is 15.6 Å². The Labute approximate surface area is 170 Å². The summed E-state index contributed by atoms with van der Waals surface area (Å²) >= 11 is 0. The largest absolute Gasteiger partial charge is 0.416 e. The molecule has 1 aliphatic carbocycles. The van der Waals surface area contributed by atoms with Crippen LogP contribution in [0.2, 0.25) is 0 Å². The zero-order valence-corrected chi connectivity index (χ0v) is 16.3. The van der Waals surface area contributed by atoms with E-state index in [1.54, 1.807) is 0 Å². The Morgan fingerprint density at radius 3 is 2.30 bits per heavy atom. The lowest BCUT2D eigenvalue weighted by molar-refractivity contribution is -0.137. The zero-order chi connectivity index (χ0) is 21.9. The molecular formula is C19H18F3N3O4S. The maximum atomic E-state index is 12.8. The number of hydrazine groups is 1. The van der Waals surface area contributed by atoms with Crippen molar-refractivity contribution in [2.45, 2.75) is 30.3 Å². The van der Waals surface area contributed by atoms with E-state index < -0.39 is 27.7 Å². The van der Waals surface area contributed by atoms with E-state index in [0.29, 0.717) is 6.07 Å². The quantitative estimate of drug-likeness (QED) is 0.621. The smallest absolute Gasteiger partial charge is 0.280 e. The van der Waals surface area contributed by atoms with Crippen LogP contribution in [0.15, 0.2) is 53.4 Å². The van der Waals surface area contributed by atoms with Crippen LogP contribution in [0.25, 0.3) is 0 Å². The number of amides is 2. The monoisotopic (exact) mass is 441 g/mol. The highest BCUT2D eigenvalue weighted by Gasteiger charge is 2.31. The second kappa shape index (κ2) is 8.34. The molecule has 3 N–H and O–H groups in total. The minimum Gasteiger partial charge on any atom is -0.280 e. The number of hydrogen-bond donors (Lipinski definition) is 3. The molecule has 0 saturated heterocycles. The van der Waals surface area contributed by atoms with Gasteiger partial charge < -0.3 is 0 Å². The number of carbonyl (C=O) groups excluding carboxylic acids is 2. The first-order valence-corrected chi connectivity index (χ1v) is 10.4. The summed E-state index contributed by atoms with van der Waals surface area (Å²) in [7, 11) is -4.26. The molecule has 2 aromatic rings. The van der Waals surface area contributed by atoms with Crippen LogP contribution in [0.3, 0.4) is 0 Å². The zero-order valence-electron chi connectivity index (χ0n) is 15.5. The fourth-order valence-corrected chi connectivity index (χ4v) is 3.84. The average Bonchev–Trinajstić information content (AvgIpc) is 2.64. The summed E-state index contributed by atoms with van der Waals surface area (Å²) in [6.07, 6.45) is -2.18. The van der Waals surface area contributed by atoms with Gasteiger partial charge in [-0.05, 0) is 49.2 Å². The highest BCUT2D eigenvalue weighted by atomic mass is 32.2. The molecule has 0 atom stereocenters. The van der Waals surface area contributed by atoms with Crippen molar-refractivity contribution in [3.05, 3.63) is 59.7 Å². The molecule has 1 aliphatic rings. The Kier molecular flexibility index (Phi) is 6.01. The van der Waals surface area contributed by atoms with Crippen LogP contribution >= 0.6 is 0 Å². The van der Waals surface area contributed by atoms with Gasteiger partial charge in [-0.2, -0.15) is 13.2 Å². The molecule has 1 saturated carbocycles. The van der Waals surface area contributed by atoms with E-state index in [9.17, 15) is 31.2 Å². The molecule has 0 bridgehead atoms. The van der Waals surface area contributed by atoms with Crippen molar-refractivity contribution in [2.24, 2.45) is 5.92 Å². The van der Waals surface area contributed by atoms with Gasteiger partial charge in [-0.15, -0.1) is 0 Å². The number of anilines is 1. The third kappa shape index (κ3) is 5.09. The van der Waals surface area contributed by atoms with Crippen molar-refractivity contribution in [1.29, 1.82) is 0 Å². The molecule has 2 aromatic carbocycles. The maximum Gasteiger partial charge on any atom is 0.416 e. The molecule has 30 heavy (non-hydrogen) atoms. The molecule has 1 fully saturated rings. The normalized spacial score (nSPS) is 14.5. The van der Waals surface area contributed by atoms with E-state index in [2.05, 4.69) is 15.6 Å². The van der Waals surface area contributed by atoms with Crippen LogP contribution in [0, 0.1) is 5.92 Å². The number of carbonyl (C=O) groups is 2. The van der Waals surface area contributed by atoms with E-state index in [1.165, 1.54) is 24.3 Å². The summed E-state index contributed by atoms with van der Waals surface area (Å²) in [5.74, 6) is -1.18. The highest BCUT2D eigenvalue weighted by Crippen LogP contribution is 2.31. The summed E-state index contributed by atoms with van der Waals surface area (Å²) < 4.78 is 65.6. The number of benzene rings is 2. The van der Waals surface area contributed by atoms with Crippen molar-refractivity contribution in [3.8, 4) is 0 Å². The lowest BCUT2D eigenvalue weighted by Gasteiger charge is -2.24. The molecule has 160 valence electrons. The van der Waals surface area contributed by atoms with Crippen molar-refractivity contribution < 1.29 is 31.2 Å². The molecular weight excluding hydrogens is 423 g/mol. The van der Waals surface area contributed by atoms with Gasteiger partial charge in [0.1, 0.15) is 0 Å². The first-order chi connectivity index (χ1) is 14.1. The summed E-state index contributed by atoms with van der Waals surface area (Å²) in [5.41, 5.74) is 3.19. The lowest BCUT2D eigenvalue weighted by atomic mass is 9.85. The lowest BCUT2D eigenvalue weighted by Crippen LogP contribution is -2.46. The Balaban J connectivity index is 1.72. The van der Waals surface area contributed by atoms with Crippen LogP contribution in [0.4, 0.5) is 18.9 Å². The predicted octanol–water partition coefficient (Wildman–Crippen LogP) is 3.07. The molecule has 7 nitrogen and oxygen atoms in total. The second-order valence-electron chi connectivity index (χ2n) is 6.78. The van der Waals surface area contributed by atoms with E-state index in [-0.39, 0.29) is 28.0 Å². The van der Waals surface area contributed by atoms with Crippen LogP contribution in [-0.2, 0) is 21.0 Å². The van der Waals surface area contributed by atoms with Crippen molar-refractivity contribution in [2.75, 3.05) is 4.72 Å².